The normalized spacial score (nSPS) is 12.6. The molecular weight excluding hydrogens is 439 g/mol. The van der Waals surface area contributed by atoms with Crippen LogP contribution in [-0.4, -0.2) is 16.7 Å². The van der Waals surface area contributed by atoms with Crippen molar-refractivity contribution in [3.05, 3.63) is 68.8 Å². The fourth-order valence-electron chi connectivity index (χ4n) is 4.83. The zero-order valence-electron chi connectivity index (χ0n) is 22.5. The topological polar surface area (TPSA) is 51.2 Å². The number of carbonyl (C=O) groups is 2. The minimum Gasteiger partial charge on any atom is -0.306 e. The van der Waals surface area contributed by atoms with E-state index in [1.807, 2.05) is 41.5 Å². The first kappa shape index (κ1) is 28.2. The fraction of sp³-hybridized carbons (Fsp3) is 0.533. The van der Waals surface area contributed by atoms with Crippen molar-refractivity contribution in [1.29, 1.82) is 0 Å². The molecule has 0 aliphatic carbocycles. The highest BCUT2D eigenvalue weighted by atomic mass is 31.2. The van der Waals surface area contributed by atoms with Gasteiger partial charge in [0.25, 0.3) is 0 Å². The van der Waals surface area contributed by atoms with Crippen LogP contribution in [0.4, 0.5) is 0 Å². The molecule has 186 valence electrons. The van der Waals surface area contributed by atoms with Crippen molar-refractivity contribution in [2.45, 2.75) is 106 Å². The predicted octanol–water partition coefficient (Wildman–Crippen LogP) is 8.20. The van der Waals surface area contributed by atoms with Gasteiger partial charge in [0.1, 0.15) is 0 Å². The third kappa shape index (κ3) is 5.15. The first-order chi connectivity index (χ1) is 16.2. The number of hydrogen-bond acceptors (Lipinski definition) is 3. The van der Waals surface area contributed by atoms with Gasteiger partial charge in [0.2, 0.25) is 18.2 Å². The molecule has 1 unspecified atom stereocenters. The molecule has 0 N–H and O–H groups in total. The van der Waals surface area contributed by atoms with E-state index in [-0.39, 0.29) is 0 Å². The third-order valence-electron chi connectivity index (χ3n) is 7.31. The minimum atomic E-state index is -3.92. The van der Waals surface area contributed by atoms with Gasteiger partial charge in [0.05, 0.1) is 0 Å². The van der Waals surface area contributed by atoms with Crippen LogP contribution in [0.1, 0.15) is 116 Å². The lowest BCUT2D eigenvalue weighted by atomic mass is 9.94. The molecule has 0 saturated carbocycles. The summed E-state index contributed by atoms with van der Waals surface area (Å²) in [5.74, 6) is 0. The molecule has 0 aliphatic rings. The molecule has 0 fully saturated rings. The lowest BCUT2D eigenvalue weighted by molar-refractivity contribution is 0.103. The number of hydrogen-bond donors (Lipinski definition) is 0. The molecule has 2 aromatic rings. The van der Waals surface area contributed by atoms with Gasteiger partial charge in [-0.05, 0) is 78.3 Å². The Morgan fingerprint density at radius 2 is 0.912 bits per heavy atom. The van der Waals surface area contributed by atoms with Gasteiger partial charge in [-0.2, -0.15) is 0 Å². The lowest BCUT2D eigenvalue weighted by Gasteiger charge is -2.26. The van der Waals surface area contributed by atoms with Gasteiger partial charge < -0.3 is 4.57 Å². The van der Waals surface area contributed by atoms with Crippen LogP contribution in [0.25, 0.3) is 0 Å². The first-order valence-corrected chi connectivity index (χ1v) is 14.9. The maximum absolute atomic E-state index is 14.8. The largest absolute Gasteiger partial charge is 0.306 e. The van der Waals surface area contributed by atoms with Crippen LogP contribution >= 0.6 is 7.14 Å². The molecule has 0 radical (unpaired) electrons. The highest BCUT2D eigenvalue weighted by Gasteiger charge is 2.47. The van der Waals surface area contributed by atoms with E-state index in [0.717, 1.165) is 35.1 Å². The molecular formula is C30H43O3P. The van der Waals surface area contributed by atoms with Crippen molar-refractivity contribution < 1.29 is 14.2 Å². The van der Waals surface area contributed by atoms with E-state index < -0.39 is 23.8 Å². The molecule has 0 aliphatic heterocycles. The van der Waals surface area contributed by atoms with E-state index in [1.165, 1.54) is 11.1 Å². The maximum Gasteiger partial charge on any atom is 0.229 e. The van der Waals surface area contributed by atoms with Crippen LogP contribution in [0.15, 0.2) is 24.3 Å². The van der Waals surface area contributed by atoms with Gasteiger partial charge in [-0.3, -0.25) is 9.59 Å². The van der Waals surface area contributed by atoms with Gasteiger partial charge in [-0.1, -0.05) is 79.7 Å². The Labute approximate surface area is 207 Å². The van der Waals surface area contributed by atoms with E-state index in [1.54, 1.807) is 0 Å². The summed E-state index contributed by atoms with van der Waals surface area (Å²) in [5, 5.41) is 0. The molecule has 0 saturated heterocycles. The Morgan fingerprint density at radius 3 is 1.12 bits per heavy atom. The molecule has 2 rings (SSSR count). The Kier molecular flexibility index (Phi) is 10.1. The fourth-order valence-corrected chi connectivity index (χ4v) is 7.57. The quantitative estimate of drug-likeness (QED) is 0.286. The van der Waals surface area contributed by atoms with Crippen LogP contribution in [0, 0.1) is 0 Å². The van der Waals surface area contributed by atoms with Gasteiger partial charge in [-0.15, -0.1) is 0 Å². The van der Waals surface area contributed by atoms with Crippen LogP contribution in [0.2, 0.25) is 0 Å². The van der Waals surface area contributed by atoms with Crippen LogP contribution in [0.5, 0.6) is 0 Å². The van der Waals surface area contributed by atoms with Crippen LogP contribution in [0.3, 0.4) is 0 Å². The van der Waals surface area contributed by atoms with Gasteiger partial charge in [0.15, 0.2) is 0 Å². The molecule has 3 nitrogen and oxygen atoms in total. The second-order valence-corrected chi connectivity index (χ2v) is 12.2. The first-order valence-electron chi connectivity index (χ1n) is 13.2. The third-order valence-corrected chi connectivity index (χ3v) is 10.6. The van der Waals surface area contributed by atoms with E-state index in [0.29, 0.717) is 43.2 Å². The molecule has 0 amide bonds. The Balaban J connectivity index is 2.86. The molecule has 0 spiro atoms. The second kappa shape index (κ2) is 12.1. The Morgan fingerprint density at radius 1 is 0.618 bits per heavy atom. The highest BCUT2D eigenvalue weighted by molar-refractivity contribution is 7.95. The SMILES string of the molecule is CCc1cc(CC)c(C(=O)P(=O)(C(=O)c2c(CC)cc(CC)cc2CC)C(C)CC)c(CC)c1. The average molecular weight is 483 g/mol. The van der Waals surface area contributed by atoms with Crippen molar-refractivity contribution in [3.63, 3.8) is 0 Å². The van der Waals surface area contributed by atoms with Crippen molar-refractivity contribution >= 4 is 18.2 Å². The smallest absolute Gasteiger partial charge is 0.229 e. The van der Waals surface area contributed by atoms with Crippen molar-refractivity contribution in [2.75, 3.05) is 0 Å². The Hall–Kier alpha value is -1.99. The summed E-state index contributed by atoms with van der Waals surface area (Å²) < 4.78 is 14.8. The monoisotopic (exact) mass is 482 g/mol. The summed E-state index contributed by atoms with van der Waals surface area (Å²) in [7, 11) is -3.92. The standard InChI is InChI=1S/C30H43O3P/c1-9-20(8)34(33,29(31)27-23(12-4)16-21(10-2)17-24(27)13-5)30(32)28-25(14-6)18-22(11-3)19-26(28)15-7/h16-20H,9-15H2,1-8H3. The van der Waals surface area contributed by atoms with E-state index in [9.17, 15) is 14.2 Å². The summed E-state index contributed by atoms with van der Waals surface area (Å²) in [5.41, 5.74) is 5.65. The molecule has 34 heavy (non-hydrogen) atoms. The molecule has 0 heterocycles. The summed E-state index contributed by atoms with van der Waals surface area (Å²) in [6.45, 7) is 16.0. The van der Waals surface area contributed by atoms with Crippen LogP contribution < -0.4 is 0 Å². The number of rotatable bonds is 12. The van der Waals surface area contributed by atoms with E-state index in [4.69, 9.17) is 0 Å². The van der Waals surface area contributed by atoms with Gasteiger partial charge >= 0.3 is 0 Å². The van der Waals surface area contributed by atoms with E-state index >= 15 is 0 Å². The summed E-state index contributed by atoms with van der Waals surface area (Å²) in [6, 6.07) is 8.23. The molecule has 4 heteroatoms. The number of aryl methyl sites for hydroxylation is 6. The second-order valence-electron chi connectivity index (χ2n) is 9.23. The molecule has 1 atom stereocenters. The highest BCUT2D eigenvalue weighted by Crippen LogP contribution is 2.58. The zero-order valence-corrected chi connectivity index (χ0v) is 23.4. The zero-order chi connectivity index (χ0) is 25.6. The summed E-state index contributed by atoms with van der Waals surface area (Å²) in [4.78, 5) is 28.6. The van der Waals surface area contributed by atoms with Gasteiger partial charge in [-0.25, -0.2) is 0 Å². The summed E-state index contributed by atoms with van der Waals surface area (Å²) in [6.07, 6.45) is 4.94. The maximum atomic E-state index is 14.8. The minimum absolute atomic E-state index is 0.438. The van der Waals surface area contributed by atoms with E-state index in [2.05, 4.69) is 38.1 Å². The van der Waals surface area contributed by atoms with Crippen molar-refractivity contribution in [2.24, 2.45) is 0 Å². The Bertz CT molecular complexity index is 967. The molecule has 2 aromatic carbocycles. The van der Waals surface area contributed by atoms with Crippen molar-refractivity contribution in [1.82, 2.24) is 0 Å². The average Bonchev–Trinajstić information content (AvgIpc) is 2.89. The lowest BCUT2D eigenvalue weighted by Crippen LogP contribution is -2.23. The number of benzene rings is 2. The molecule has 0 aromatic heterocycles. The van der Waals surface area contributed by atoms with Crippen LogP contribution in [-0.2, 0) is 43.1 Å². The molecule has 0 bridgehead atoms. The summed E-state index contributed by atoms with van der Waals surface area (Å²) >= 11 is 0. The number of carbonyl (C=O) groups excluding carboxylic acids is 2. The predicted molar refractivity (Wildman–Crippen MR) is 145 cm³/mol. The van der Waals surface area contributed by atoms with Crippen molar-refractivity contribution in [3.8, 4) is 0 Å². The van der Waals surface area contributed by atoms with Gasteiger partial charge in [0, 0.05) is 16.8 Å².